The number of nitrogens with zero attached hydrogens (tertiary/aromatic N) is 4. The van der Waals surface area contributed by atoms with Crippen LogP contribution in [0.4, 0.5) is 0 Å². The van der Waals surface area contributed by atoms with Crippen molar-refractivity contribution >= 4 is 16.9 Å². The first-order chi connectivity index (χ1) is 15.7. The molecule has 3 aromatic heterocycles. The fraction of sp³-hybridized carbons (Fsp3) is 0.348. The van der Waals surface area contributed by atoms with E-state index in [1.165, 1.54) is 0 Å². The van der Waals surface area contributed by atoms with Crippen LogP contribution in [-0.4, -0.2) is 45.8 Å². The van der Waals surface area contributed by atoms with E-state index in [-0.39, 0.29) is 18.2 Å². The predicted molar refractivity (Wildman–Crippen MR) is 116 cm³/mol. The van der Waals surface area contributed by atoms with Gasteiger partial charge in [0.1, 0.15) is 29.5 Å². The first-order valence-corrected chi connectivity index (χ1v) is 10.7. The van der Waals surface area contributed by atoms with Gasteiger partial charge in [-0.05, 0) is 24.3 Å². The Balaban J connectivity index is 1.19. The number of hydrogen-bond donors (Lipinski definition) is 1. The van der Waals surface area contributed by atoms with Gasteiger partial charge in [0.05, 0.1) is 13.1 Å². The van der Waals surface area contributed by atoms with Crippen molar-refractivity contribution in [1.29, 1.82) is 0 Å². The summed E-state index contributed by atoms with van der Waals surface area (Å²) in [5, 5.41) is 12.6. The Hall–Kier alpha value is -3.43. The molecule has 166 valence electrons. The number of fused-ring (bicyclic) bond motifs is 2. The predicted octanol–water partition coefficient (Wildman–Crippen LogP) is 2.75. The van der Waals surface area contributed by atoms with Crippen molar-refractivity contribution in [3.8, 4) is 0 Å². The topological polar surface area (TPSA) is 98.6 Å². The number of nitrogens with one attached hydrogen (secondary N) is 1. The highest BCUT2D eigenvalue weighted by atomic mass is 16.5. The second-order valence-corrected chi connectivity index (χ2v) is 7.84. The zero-order valence-electron chi connectivity index (χ0n) is 17.9. The molecule has 0 saturated heterocycles. The molecule has 0 spiro atoms. The Morgan fingerprint density at radius 1 is 1.09 bits per heavy atom. The molecule has 1 aromatic carbocycles. The smallest absolute Gasteiger partial charge is 0.287 e. The average Bonchev–Trinajstić information content (AvgIpc) is 3.49. The van der Waals surface area contributed by atoms with Crippen LogP contribution in [0.3, 0.4) is 0 Å². The summed E-state index contributed by atoms with van der Waals surface area (Å²) in [5.41, 5.74) is 0.915. The van der Waals surface area contributed by atoms with Gasteiger partial charge in [0.2, 0.25) is 0 Å². The molecule has 4 heterocycles. The number of methoxy groups -OCH3 is 1. The number of para-hydroxylation sites is 1. The maximum atomic E-state index is 12.4. The minimum absolute atomic E-state index is 0.254. The van der Waals surface area contributed by atoms with Gasteiger partial charge in [-0.25, -0.2) is 0 Å². The summed E-state index contributed by atoms with van der Waals surface area (Å²) in [7, 11) is 1.58. The van der Waals surface area contributed by atoms with Crippen LogP contribution in [-0.2, 0) is 37.4 Å². The van der Waals surface area contributed by atoms with Gasteiger partial charge in [-0.15, -0.1) is 10.2 Å². The van der Waals surface area contributed by atoms with Crippen molar-refractivity contribution in [3.63, 3.8) is 0 Å². The second-order valence-electron chi connectivity index (χ2n) is 7.84. The van der Waals surface area contributed by atoms with E-state index >= 15 is 0 Å². The zero-order valence-corrected chi connectivity index (χ0v) is 17.9. The fourth-order valence-corrected chi connectivity index (χ4v) is 4.02. The number of carbonyl (C=O) groups is 1. The second kappa shape index (κ2) is 8.97. The first kappa shape index (κ1) is 20.5. The molecule has 1 aliphatic heterocycles. The number of benzene rings is 1. The Labute approximate surface area is 185 Å². The van der Waals surface area contributed by atoms with E-state index in [4.69, 9.17) is 13.6 Å². The van der Waals surface area contributed by atoms with Gasteiger partial charge in [0.25, 0.3) is 5.91 Å². The number of furan rings is 2. The molecule has 5 rings (SSSR count). The van der Waals surface area contributed by atoms with Gasteiger partial charge in [0, 0.05) is 38.6 Å². The average molecular weight is 435 g/mol. The van der Waals surface area contributed by atoms with Crippen LogP contribution >= 0.6 is 0 Å². The molecular weight excluding hydrogens is 410 g/mol. The third-order valence-corrected chi connectivity index (χ3v) is 5.63. The maximum Gasteiger partial charge on any atom is 0.287 e. The van der Waals surface area contributed by atoms with Crippen LogP contribution in [0.2, 0.25) is 0 Å². The zero-order chi connectivity index (χ0) is 21.9. The SMILES string of the molecule is COCc1ccc(C(=O)NCc2nnc3n2CCN(Cc2cc4ccccc4o2)CC3)o1. The van der Waals surface area contributed by atoms with Crippen LogP contribution < -0.4 is 5.32 Å². The summed E-state index contributed by atoms with van der Waals surface area (Å²) in [5.74, 6) is 3.21. The summed E-state index contributed by atoms with van der Waals surface area (Å²) in [6, 6.07) is 13.5. The lowest BCUT2D eigenvalue weighted by atomic mass is 10.2. The van der Waals surface area contributed by atoms with E-state index < -0.39 is 0 Å². The molecule has 0 atom stereocenters. The number of hydrogen-bond acceptors (Lipinski definition) is 7. The Bertz CT molecular complexity index is 1190. The molecular formula is C23H25N5O4. The third kappa shape index (κ3) is 4.30. The van der Waals surface area contributed by atoms with E-state index in [2.05, 4.69) is 37.1 Å². The first-order valence-electron chi connectivity index (χ1n) is 10.7. The van der Waals surface area contributed by atoms with Crippen molar-refractivity contribution < 1.29 is 18.4 Å². The normalized spacial score (nSPS) is 14.4. The van der Waals surface area contributed by atoms with E-state index in [0.717, 1.165) is 61.0 Å². The summed E-state index contributed by atoms with van der Waals surface area (Å²) >= 11 is 0. The molecule has 0 bridgehead atoms. The molecule has 1 amide bonds. The summed E-state index contributed by atoms with van der Waals surface area (Å²) in [6.07, 6.45) is 0.791. The molecule has 32 heavy (non-hydrogen) atoms. The van der Waals surface area contributed by atoms with Crippen LogP contribution in [0.1, 0.15) is 33.7 Å². The maximum absolute atomic E-state index is 12.4. The van der Waals surface area contributed by atoms with Crippen molar-refractivity contribution in [1.82, 2.24) is 25.0 Å². The number of aromatic nitrogens is 3. The summed E-state index contributed by atoms with van der Waals surface area (Å²) in [4.78, 5) is 14.8. The van der Waals surface area contributed by atoms with Gasteiger partial charge < -0.3 is 23.5 Å². The Kier molecular flexibility index (Phi) is 5.74. The van der Waals surface area contributed by atoms with Gasteiger partial charge in [-0.3, -0.25) is 9.69 Å². The largest absolute Gasteiger partial charge is 0.460 e. The van der Waals surface area contributed by atoms with Gasteiger partial charge in [0.15, 0.2) is 11.6 Å². The number of amides is 1. The van der Waals surface area contributed by atoms with Crippen LogP contribution in [0.25, 0.3) is 11.0 Å². The molecule has 0 fully saturated rings. The van der Waals surface area contributed by atoms with Crippen molar-refractivity contribution in [2.24, 2.45) is 0 Å². The third-order valence-electron chi connectivity index (χ3n) is 5.63. The number of ether oxygens (including phenoxy) is 1. The van der Waals surface area contributed by atoms with Gasteiger partial charge >= 0.3 is 0 Å². The standard InChI is InChI=1S/C23H25N5O4/c1-30-15-17-6-7-20(31-17)23(29)24-13-22-26-25-21-8-9-27(10-11-28(21)22)14-18-12-16-4-2-3-5-19(16)32-18/h2-7,12H,8-11,13-15H2,1H3,(H,24,29). The number of rotatable bonds is 7. The highest BCUT2D eigenvalue weighted by molar-refractivity contribution is 5.91. The Morgan fingerprint density at radius 3 is 2.88 bits per heavy atom. The van der Waals surface area contributed by atoms with Crippen molar-refractivity contribution in [3.05, 3.63) is 71.4 Å². The van der Waals surface area contributed by atoms with Crippen LogP contribution in [0.5, 0.6) is 0 Å². The Morgan fingerprint density at radius 2 is 2.00 bits per heavy atom. The van der Waals surface area contributed by atoms with Crippen molar-refractivity contribution in [2.75, 3.05) is 20.2 Å². The minimum Gasteiger partial charge on any atom is -0.460 e. The molecule has 1 aliphatic rings. The lowest BCUT2D eigenvalue weighted by Gasteiger charge is -2.18. The lowest BCUT2D eigenvalue weighted by molar-refractivity contribution is 0.0913. The summed E-state index contributed by atoms with van der Waals surface area (Å²) in [6.45, 7) is 3.84. The van der Waals surface area contributed by atoms with Crippen LogP contribution in [0, 0.1) is 0 Å². The van der Waals surface area contributed by atoms with Gasteiger partial charge in [-0.2, -0.15) is 0 Å². The van der Waals surface area contributed by atoms with Crippen molar-refractivity contribution in [2.45, 2.75) is 32.7 Å². The molecule has 1 N–H and O–H groups in total. The monoisotopic (exact) mass is 435 g/mol. The highest BCUT2D eigenvalue weighted by Crippen LogP contribution is 2.21. The molecule has 0 aliphatic carbocycles. The van der Waals surface area contributed by atoms with E-state index in [1.54, 1.807) is 19.2 Å². The molecule has 0 unspecified atom stereocenters. The molecule has 4 aromatic rings. The molecule has 0 radical (unpaired) electrons. The number of carbonyl (C=O) groups excluding carboxylic acids is 1. The fourth-order valence-electron chi connectivity index (χ4n) is 4.02. The molecule has 0 saturated carbocycles. The van der Waals surface area contributed by atoms with E-state index in [1.807, 2.05) is 18.2 Å². The van der Waals surface area contributed by atoms with Gasteiger partial charge in [-0.1, -0.05) is 18.2 Å². The lowest BCUT2D eigenvalue weighted by Crippen LogP contribution is -2.27. The van der Waals surface area contributed by atoms with E-state index in [0.29, 0.717) is 12.4 Å². The molecule has 9 heteroatoms. The summed E-state index contributed by atoms with van der Waals surface area (Å²) < 4.78 is 18.6. The van der Waals surface area contributed by atoms with E-state index in [9.17, 15) is 4.79 Å². The van der Waals surface area contributed by atoms with Crippen LogP contribution in [0.15, 0.2) is 51.3 Å². The minimum atomic E-state index is -0.287. The highest BCUT2D eigenvalue weighted by Gasteiger charge is 2.20. The quantitative estimate of drug-likeness (QED) is 0.477. The molecule has 9 nitrogen and oxygen atoms in total.